The third kappa shape index (κ3) is 3.37. The Morgan fingerprint density at radius 3 is 2.26 bits per heavy atom. The van der Waals surface area contributed by atoms with E-state index in [4.69, 9.17) is 0 Å². The van der Waals surface area contributed by atoms with Gasteiger partial charge in [0.1, 0.15) is 11.5 Å². The molecule has 0 saturated carbocycles. The lowest BCUT2D eigenvalue weighted by Gasteiger charge is -2.06. The van der Waals surface area contributed by atoms with Gasteiger partial charge < -0.3 is 15.6 Å². The number of fused-ring (bicyclic) bond motifs is 1. The van der Waals surface area contributed by atoms with E-state index >= 15 is 0 Å². The Balaban J connectivity index is 1.76. The number of rotatable bonds is 3. The minimum Gasteiger partial charge on any atom is -0.350 e. The third-order valence-corrected chi connectivity index (χ3v) is 3.29. The fraction of sp³-hybridized carbons (Fsp3) is 0.0588. The van der Waals surface area contributed by atoms with Crippen LogP contribution in [0.5, 0.6) is 0 Å². The van der Waals surface area contributed by atoms with Crippen molar-refractivity contribution in [1.82, 2.24) is 4.98 Å². The number of anilines is 2. The Labute approximate surface area is 131 Å². The molecule has 0 unspecified atom stereocenters. The van der Waals surface area contributed by atoms with Crippen LogP contribution in [0.25, 0.3) is 10.9 Å². The number of H-pyrrole nitrogens is 1. The lowest BCUT2D eigenvalue weighted by atomic mass is 10.2. The van der Waals surface area contributed by atoms with Gasteiger partial charge in [0.15, 0.2) is 0 Å². The molecular weight excluding hydrogens is 297 g/mol. The van der Waals surface area contributed by atoms with Crippen molar-refractivity contribution in [2.75, 3.05) is 10.6 Å². The average Bonchev–Trinajstić information content (AvgIpc) is 2.92. The van der Waals surface area contributed by atoms with Crippen LogP contribution in [0.1, 0.15) is 17.4 Å². The first-order chi connectivity index (χ1) is 11.0. The molecule has 0 aliphatic rings. The molecule has 0 aliphatic heterocycles. The van der Waals surface area contributed by atoms with Crippen LogP contribution in [0.2, 0.25) is 0 Å². The molecule has 2 amide bonds. The van der Waals surface area contributed by atoms with Crippen LogP contribution < -0.4 is 10.6 Å². The minimum atomic E-state index is -0.361. The topological polar surface area (TPSA) is 74.0 Å². The van der Waals surface area contributed by atoms with Gasteiger partial charge in [-0.3, -0.25) is 9.59 Å². The second kappa shape index (κ2) is 5.92. The second-order valence-electron chi connectivity index (χ2n) is 5.13. The normalized spacial score (nSPS) is 10.5. The molecule has 0 radical (unpaired) electrons. The molecule has 3 rings (SSSR count). The van der Waals surface area contributed by atoms with E-state index < -0.39 is 0 Å². The molecule has 1 aromatic heterocycles. The number of benzene rings is 2. The number of carbonyl (C=O) groups is 2. The standard InChI is InChI=1S/C17H14FN3O2/c1-10(22)19-13-4-6-14(7-5-13)20-17(23)16-8-11-2-3-12(18)9-15(11)21-16/h2-9,21H,1H3,(H,19,22)(H,20,23). The molecule has 0 saturated heterocycles. The summed E-state index contributed by atoms with van der Waals surface area (Å²) >= 11 is 0. The van der Waals surface area contributed by atoms with Gasteiger partial charge in [-0.05, 0) is 48.5 Å². The van der Waals surface area contributed by atoms with Crippen molar-refractivity contribution in [2.24, 2.45) is 0 Å². The van der Waals surface area contributed by atoms with Gasteiger partial charge in [-0.2, -0.15) is 0 Å². The summed E-state index contributed by atoms with van der Waals surface area (Å²) in [5.41, 5.74) is 2.15. The Kier molecular flexibility index (Phi) is 3.80. The van der Waals surface area contributed by atoms with E-state index in [1.54, 1.807) is 36.4 Å². The van der Waals surface area contributed by atoms with Crippen molar-refractivity contribution >= 4 is 34.1 Å². The van der Waals surface area contributed by atoms with Gasteiger partial charge in [0.2, 0.25) is 5.91 Å². The smallest absolute Gasteiger partial charge is 0.272 e. The van der Waals surface area contributed by atoms with Crippen molar-refractivity contribution in [1.29, 1.82) is 0 Å². The van der Waals surface area contributed by atoms with Crippen molar-refractivity contribution in [3.05, 3.63) is 60.0 Å². The van der Waals surface area contributed by atoms with Gasteiger partial charge in [-0.25, -0.2) is 4.39 Å². The minimum absolute atomic E-state index is 0.160. The van der Waals surface area contributed by atoms with Gasteiger partial charge in [0.25, 0.3) is 5.91 Å². The zero-order valence-corrected chi connectivity index (χ0v) is 12.3. The van der Waals surface area contributed by atoms with Crippen LogP contribution in [-0.2, 0) is 4.79 Å². The molecule has 3 N–H and O–H groups in total. The molecule has 0 atom stereocenters. The van der Waals surface area contributed by atoms with Crippen LogP contribution in [-0.4, -0.2) is 16.8 Å². The summed E-state index contributed by atoms with van der Waals surface area (Å²) in [6.45, 7) is 1.43. The molecular formula is C17H14FN3O2. The van der Waals surface area contributed by atoms with Gasteiger partial charge in [0.05, 0.1) is 0 Å². The average molecular weight is 311 g/mol. The van der Waals surface area contributed by atoms with E-state index in [9.17, 15) is 14.0 Å². The Morgan fingerprint density at radius 1 is 0.957 bits per heavy atom. The van der Waals surface area contributed by atoms with Crippen LogP contribution in [0, 0.1) is 5.82 Å². The monoisotopic (exact) mass is 311 g/mol. The Bertz CT molecular complexity index is 884. The number of amides is 2. The summed E-state index contributed by atoms with van der Waals surface area (Å²) in [6, 6.07) is 12.7. The summed E-state index contributed by atoms with van der Waals surface area (Å²) in [5, 5.41) is 6.15. The first kappa shape index (κ1) is 14.8. The number of halogens is 1. The zero-order chi connectivity index (χ0) is 16.4. The summed E-state index contributed by atoms with van der Waals surface area (Å²) in [6.07, 6.45) is 0. The zero-order valence-electron chi connectivity index (χ0n) is 12.3. The third-order valence-electron chi connectivity index (χ3n) is 3.29. The van der Waals surface area contributed by atoms with E-state index in [1.165, 1.54) is 19.1 Å². The number of carbonyl (C=O) groups excluding carboxylic acids is 2. The van der Waals surface area contributed by atoms with Gasteiger partial charge in [-0.1, -0.05) is 0 Å². The first-order valence-electron chi connectivity index (χ1n) is 6.98. The highest BCUT2D eigenvalue weighted by atomic mass is 19.1. The van der Waals surface area contributed by atoms with E-state index in [1.807, 2.05) is 0 Å². The van der Waals surface area contributed by atoms with Gasteiger partial charge in [0, 0.05) is 29.2 Å². The molecule has 0 aliphatic carbocycles. The molecule has 0 spiro atoms. The summed E-state index contributed by atoms with van der Waals surface area (Å²) in [5.74, 6) is -0.846. The molecule has 0 fully saturated rings. The summed E-state index contributed by atoms with van der Waals surface area (Å²) < 4.78 is 13.2. The lowest BCUT2D eigenvalue weighted by molar-refractivity contribution is -0.114. The van der Waals surface area contributed by atoms with E-state index in [0.717, 1.165) is 5.39 Å². The van der Waals surface area contributed by atoms with E-state index in [-0.39, 0.29) is 17.6 Å². The molecule has 1 heterocycles. The predicted molar refractivity (Wildman–Crippen MR) is 87.0 cm³/mol. The van der Waals surface area contributed by atoms with E-state index in [0.29, 0.717) is 22.6 Å². The summed E-state index contributed by atoms with van der Waals surface area (Å²) in [4.78, 5) is 26.1. The van der Waals surface area contributed by atoms with Gasteiger partial charge >= 0.3 is 0 Å². The molecule has 5 nitrogen and oxygen atoms in total. The summed E-state index contributed by atoms with van der Waals surface area (Å²) in [7, 11) is 0. The van der Waals surface area contributed by atoms with Crippen molar-refractivity contribution in [2.45, 2.75) is 6.92 Å². The van der Waals surface area contributed by atoms with Crippen molar-refractivity contribution in [3.8, 4) is 0 Å². The molecule has 6 heteroatoms. The maximum absolute atomic E-state index is 13.2. The maximum atomic E-state index is 13.2. The molecule has 23 heavy (non-hydrogen) atoms. The second-order valence-corrected chi connectivity index (χ2v) is 5.13. The number of hydrogen-bond donors (Lipinski definition) is 3. The van der Waals surface area contributed by atoms with E-state index in [2.05, 4.69) is 15.6 Å². The van der Waals surface area contributed by atoms with Crippen LogP contribution >= 0.6 is 0 Å². The van der Waals surface area contributed by atoms with Crippen LogP contribution in [0.4, 0.5) is 15.8 Å². The quantitative estimate of drug-likeness (QED) is 0.692. The van der Waals surface area contributed by atoms with Gasteiger partial charge in [-0.15, -0.1) is 0 Å². The maximum Gasteiger partial charge on any atom is 0.272 e. The van der Waals surface area contributed by atoms with Crippen molar-refractivity contribution < 1.29 is 14.0 Å². The molecule has 3 aromatic rings. The molecule has 2 aromatic carbocycles. The molecule has 0 bridgehead atoms. The number of aromatic nitrogens is 1. The number of hydrogen-bond acceptors (Lipinski definition) is 2. The van der Waals surface area contributed by atoms with Crippen molar-refractivity contribution in [3.63, 3.8) is 0 Å². The van der Waals surface area contributed by atoms with Crippen LogP contribution in [0.15, 0.2) is 48.5 Å². The largest absolute Gasteiger partial charge is 0.350 e. The Hall–Kier alpha value is -3.15. The van der Waals surface area contributed by atoms with Crippen LogP contribution in [0.3, 0.4) is 0 Å². The molecule has 116 valence electrons. The SMILES string of the molecule is CC(=O)Nc1ccc(NC(=O)c2cc3ccc(F)cc3[nH]2)cc1. The predicted octanol–water partition coefficient (Wildman–Crippen LogP) is 3.52. The fourth-order valence-electron chi connectivity index (χ4n) is 2.26. The Morgan fingerprint density at radius 2 is 1.61 bits per heavy atom. The number of nitrogens with one attached hydrogen (secondary N) is 3. The number of aromatic amines is 1. The highest BCUT2D eigenvalue weighted by molar-refractivity contribution is 6.06. The fourth-order valence-corrected chi connectivity index (χ4v) is 2.26. The highest BCUT2D eigenvalue weighted by Crippen LogP contribution is 2.18. The lowest BCUT2D eigenvalue weighted by Crippen LogP contribution is -2.12. The highest BCUT2D eigenvalue weighted by Gasteiger charge is 2.10. The first-order valence-corrected chi connectivity index (χ1v) is 6.98.